The first-order valence-corrected chi connectivity index (χ1v) is 15.9. The zero-order valence-electron chi connectivity index (χ0n) is 28.3. The monoisotopic (exact) mass is 814 g/mol. The van der Waals surface area contributed by atoms with E-state index in [1.54, 1.807) is 0 Å². The number of hydrogen-bond acceptors (Lipinski definition) is 10. The number of carbonyl (C=O) groups is 2. The first-order valence-electron chi connectivity index (χ1n) is 15.9. The fourth-order valence-corrected chi connectivity index (χ4v) is 4.44. The molecule has 56 heavy (non-hydrogen) atoms. The van der Waals surface area contributed by atoms with E-state index in [2.05, 4.69) is 0 Å². The SMILES string of the molecule is O=C(/C=C/c1ccc(OC(=O)c2ccc(OCCCC(F)(F)C(F)(F)F)c(OCCCC(F)(F)C(F)(F)F)c2)cc1)OCCc1ccc([N+](=O)[O-])cc1[N+](=O)[O-]. The Hall–Kier alpha value is -5.96. The number of benzene rings is 3. The summed E-state index contributed by atoms with van der Waals surface area (Å²) in [5, 5.41) is 22.1. The van der Waals surface area contributed by atoms with Crippen molar-refractivity contribution in [2.24, 2.45) is 0 Å². The van der Waals surface area contributed by atoms with Gasteiger partial charge in [-0.2, -0.15) is 43.9 Å². The number of hydrogen-bond donors (Lipinski definition) is 0. The van der Waals surface area contributed by atoms with Gasteiger partial charge in [-0.1, -0.05) is 12.1 Å². The molecule has 0 aliphatic rings. The highest BCUT2D eigenvalue weighted by Gasteiger charge is 2.57. The maximum absolute atomic E-state index is 13.3. The lowest BCUT2D eigenvalue weighted by atomic mass is 10.1. The molecule has 0 bridgehead atoms. The number of nitro groups is 2. The Balaban J connectivity index is 1.62. The summed E-state index contributed by atoms with van der Waals surface area (Å²) in [4.78, 5) is 45.5. The lowest BCUT2D eigenvalue weighted by Crippen LogP contribution is -2.36. The quantitative estimate of drug-likeness (QED) is 0.0217. The van der Waals surface area contributed by atoms with E-state index in [4.69, 9.17) is 18.9 Å². The average Bonchev–Trinajstić information content (AvgIpc) is 3.10. The van der Waals surface area contributed by atoms with Gasteiger partial charge in [0.25, 0.3) is 11.4 Å². The van der Waals surface area contributed by atoms with Crippen molar-refractivity contribution < 1.29 is 82.3 Å². The molecule has 304 valence electrons. The smallest absolute Gasteiger partial charge is 0.453 e. The highest BCUT2D eigenvalue weighted by atomic mass is 19.4. The lowest BCUT2D eigenvalue weighted by molar-refractivity contribution is -0.394. The second kappa shape index (κ2) is 18.6. The predicted molar refractivity (Wildman–Crippen MR) is 173 cm³/mol. The van der Waals surface area contributed by atoms with Crippen LogP contribution in [0.3, 0.4) is 0 Å². The normalized spacial score (nSPS) is 12.3. The van der Waals surface area contributed by atoms with Crippen molar-refractivity contribution in [3.8, 4) is 17.2 Å². The molecular formula is C34H28F10N2O10. The average molecular weight is 815 g/mol. The van der Waals surface area contributed by atoms with Gasteiger partial charge in [-0.3, -0.25) is 20.2 Å². The van der Waals surface area contributed by atoms with Crippen LogP contribution in [0.5, 0.6) is 17.2 Å². The van der Waals surface area contributed by atoms with Gasteiger partial charge in [0.05, 0.1) is 41.3 Å². The van der Waals surface area contributed by atoms with E-state index in [0.29, 0.717) is 5.56 Å². The Kier molecular flexibility index (Phi) is 14.7. The third kappa shape index (κ3) is 12.8. The van der Waals surface area contributed by atoms with Crippen molar-refractivity contribution in [3.63, 3.8) is 0 Å². The van der Waals surface area contributed by atoms with Gasteiger partial charge in [-0.05, 0) is 60.9 Å². The maximum atomic E-state index is 13.3. The Morgan fingerprint density at radius 2 is 1.25 bits per heavy atom. The van der Waals surface area contributed by atoms with Crippen molar-refractivity contribution in [3.05, 3.63) is 104 Å². The van der Waals surface area contributed by atoms with E-state index in [1.807, 2.05) is 0 Å². The molecule has 0 unspecified atom stereocenters. The zero-order chi connectivity index (χ0) is 41.9. The van der Waals surface area contributed by atoms with Gasteiger partial charge in [0, 0.05) is 37.0 Å². The van der Waals surface area contributed by atoms with Crippen molar-refractivity contribution in [2.75, 3.05) is 19.8 Å². The Morgan fingerprint density at radius 3 is 1.79 bits per heavy atom. The van der Waals surface area contributed by atoms with Gasteiger partial charge >= 0.3 is 36.1 Å². The molecule has 3 aromatic carbocycles. The number of halogens is 10. The fraction of sp³-hybridized carbons (Fsp3) is 0.353. The van der Waals surface area contributed by atoms with E-state index >= 15 is 0 Å². The predicted octanol–water partition coefficient (Wildman–Crippen LogP) is 9.23. The van der Waals surface area contributed by atoms with Crippen LogP contribution in [0, 0.1) is 20.2 Å². The molecule has 0 heterocycles. The first kappa shape index (κ1) is 44.4. The van der Waals surface area contributed by atoms with Crippen LogP contribution in [0.2, 0.25) is 0 Å². The van der Waals surface area contributed by atoms with Gasteiger partial charge in [0.2, 0.25) is 0 Å². The number of carbonyl (C=O) groups excluding carboxylic acids is 2. The van der Waals surface area contributed by atoms with Crippen LogP contribution in [-0.4, -0.2) is 65.8 Å². The number of esters is 2. The summed E-state index contributed by atoms with van der Waals surface area (Å²) < 4.78 is 149. The van der Waals surface area contributed by atoms with E-state index in [1.165, 1.54) is 36.4 Å². The molecule has 3 aromatic rings. The second-order valence-corrected chi connectivity index (χ2v) is 11.5. The second-order valence-electron chi connectivity index (χ2n) is 11.5. The molecule has 0 fully saturated rings. The number of nitro benzene ring substituents is 2. The molecule has 0 saturated carbocycles. The summed E-state index contributed by atoms with van der Waals surface area (Å²) in [6, 6.07) is 11.4. The third-order valence-electron chi connectivity index (χ3n) is 7.39. The third-order valence-corrected chi connectivity index (χ3v) is 7.39. The van der Waals surface area contributed by atoms with Gasteiger partial charge in [-0.15, -0.1) is 0 Å². The van der Waals surface area contributed by atoms with Gasteiger partial charge in [0.1, 0.15) is 5.75 Å². The Morgan fingerprint density at radius 1 is 0.679 bits per heavy atom. The maximum Gasteiger partial charge on any atom is 0.453 e. The van der Waals surface area contributed by atoms with Crippen molar-refractivity contribution in [2.45, 2.75) is 56.3 Å². The molecule has 0 saturated heterocycles. The highest BCUT2D eigenvalue weighted by molar-refractivity contribution is 5.92. The molecule has 0 radical (unpaired) electrons. The molecule has 0 N–H and O–H groups in total. The lowest BCUT2D eigenvalue weighted by Gasteiger charge is -2.20. The Labute approximate surface area is 308 Å². The largest absolute Gasteiger partial charge is 0.490 e. The molecule has 12 nitrogen and oxygen atoms in total. The number of rotatable bonds is 19. The molecule has 3 rings (SSSR count). The standard InChI is InChI=1S/C34H28F10N2O10/c35-31(36,33(39,40)41)14-1-16-53-27-11-7-23(19-28(27)54-17-2-15-32(37,38)34(42,43)44)30(48)56-25-9-3-21(4-10-25)5-12-29(47)55-18-13-22-6-8-24(45(49)50)20-26(22)46(51)52/h3-12,19-20H,1-2,13-18H2/b12-5+. The molecule has 22 heteroatoms. The molecule has 0 aliphatic carbocycles. The van der Waals surface area contributed by atoms with E-state index in [9.17, 15) is 73.7 Å². The summed E-state index contributed by atoms with van der Waals surface area (Å²) in [6.45, 7) is -1.81. The first-order chi connectivity index (χ1) is 26.0. The summed E-state index contributed by atoms with van der Waals surface area (Å²) in [7, 11) is 0. The fourth-order valence-electron chi connectivity index (χ4n) is 4.44. The van der Waals surface area contributed by atoms with E-state index < -0.39 is 102 Å². The number of alkyl halides is 10. The van der Waals surface area contributed by atoms with E-state index in [0.717, 1.165) is 36.4 Å². The van der Waals surface area contributed by atoms with Crippen LogP contribution in [0.4, 0.5) is 55.3 Å². The molecule has 0 aromatic heterocycles. The highest BCUT2D eigenvalue weighted by Crippen LogP contribution is 2.40. The minimum Gasteiger partial charge on any atom is -0.490 e. The Bertz CT molecular complexity index is 1900. The summed E-state index contributed by atoms with van der Waals surface area (Å²) in [5.74, 6) is -12.8. The van der Waals surface area contributed by atoms with Crippen LogP contribution in [0.1, 0.15) is 47.2 Å². The summed E-state index contributed by atoms with van der Waals surface area (Å²) in [5.41, 5.74) is -0.808. The van der Waals surface area contributed by atoms with Crippen LogP contribution in [0.15, 0.2) is 66.7 Å². The molecule has 0 atom stereocenters. The topological polar surface area (TPSA) is 157 Å². The number of ether oxygens (including phenoxy) is 4. The minimum atomic E-state index is -5.83. The van der Waals surface area contributed by atoms with Crippen molar-refractivity contribution >= 4 is 29.4 Å². The van der Waals surface area contributed by atoms with Crippen LogP contribution in [0.25, 0.3) is 6.08 Å². The van der Waals surface area contributed by atoms with Crippen LogP contribution < -0.4 is 14.2 Å². The zero-order valence-corrected chi connectivity index (χ0v) is 28.3. The summed E-state index contributed by atoms with van der Waals surface area (Å²) >= 11 is 0. The number of nitrogens with zero attached hydrogens (tertiary/aromatic N) is 2. The minimum absolute atomic E-state index is 0.0535. The molecule has 0 spiro atoms. The van der Waals surface area contributed by atoms with Gasteiger partial charge < -0.3 is 18.9 Å². The molecular weight excluding hydrogens is 786 g/mol. The number of non-ortho nitro benzene ring substituents is 1. The van der Waals surface area contributed by atoms with Crippen molar-refractivity contribution in [1.82, 2.24) is 0 Å². The van der Waals surface area contributed by atoms with Crippen LogP contribution >= 0.6 is 0 Å². The van der Waals surface area contributed by atoms with E-state index in [-0.39, 0.29) is 35.7 Å². The molecule has 0 amide bonds. The van der Waals surface area contributed by atoms with Gasteiger partial charge in [-0.25, -0.2) is 9.59 Å². The van der Waals surface area contributed by atoms with Crippen molar-refractivity contribution in [1.29, 1.82) is 0 Å². The van der Waals surface area contributed by atoms with Gasteiger partial charge in [0.15, 0.2) is 11.5 Å². The molecule has 0 aliphatic heterocycles. The van der Waals surface area contributed by atoms with Crippen LogP contribution in [-0.2, 0) is 16.0 Å². The summed E-state index contributed by atoms with van der Waals surface area (Å²) in [6.07, 6.45) is -14.5.